The minimum absolute atomic E-state index is 0.229. The first kappa shape index (κ1) is 21.5. The van der Waals surface area contributed by atoms with Crippen LogP contribution in [-0.2, 0) is 4.79 Å². The minimum atomic E-state index is -0.229. The Bertz CT molecular complexity index is 977. The van der Waals surface area contributed by atoms with Crippen LogP contribution in [0.1, 0.15) is 44.6 Å². The van der Waals surface area contributed by atoms with Crippen molar-refractivity contribution < 1.29 is 4.79 Å². The van der Waals surface area contributed by atoms with E-state index in [4.69, 9.17) is 12.2 Å². The van der Waals surface area contributed by atoms with Crippen LogP contribution in [0.4, 0.5) is 17.8 Å². The number of amides is 1. The molecule has 2 heterocycles. The fourth-order valence-corrected chi connectivity index (χ4v) is 4.60. The summed E-state index contributed by atoms with van der Waals surface area (Å²) in [6.45, 7) is 2.82. The number of nitrogens with one attached hydrogen (secondary N) is 3. The number of anilines is 3. The molecule has 4 rings (SSSR count). The average molecular weight is 456 g/mol. The van der Waals surface area contributed by atoms with Gasteiger partial charge in [-0.05, 0) is 43.1 Å². The van der Waals surface area contributed by atoms with Gasteiger partial charge in [-0.1, -0.05) is 61.9 Å². The van der Waals surface area contributed by atoms with E-state index >= 15 is 0 Å². The van der Waals surface area contributed by atoms with E-state index in [-0.39, 0.29) is 11.9 Å². The van der Waals surface area contributed by atoms with E-state index in [0.717, 1.165) is 31.4 Å². The highest BCUT2D eigenvalue weighted by Gasteiger charge is 2.33. The molecule has 2 aliphatic rings. The summed E-state index contributed by atoms with van der Waals surface area (Å²) in [4.78, 5) is 26.9. The molecule has 10 heteroatoms. The van der Waals surface area contributed by atoms with E-state index < -0.39 is 0 Å². The lowest BCUT2D eigenvalue weighted by Gasteiger charge is -2.18. The van der Waals surface area contributed by atoms with Crippen molar-refractivity contribution in [2.75, 3.05) is 22.6 Å². The Morgan fingerprint density at radius 3 is 2.58 bits per heavy atom. The summed E-state index contributed by atoms with van der Waals surface area (Å²) < 4.78 is 0.404. The largest absolute Gasteiger partial charge is 0.354 e. The highest BCUT2D eigenvalue weighted by molar-refractivity contribution is 8.26. The topological polar surface area (TPSA) is 95.1 Å². The molecule has 31 heavy (non-hydrogen) atoms. The van der Waals surface area contributed by atoms with Crippen LogP contribution in [0.5, 0.6) is 0 Å². The van der Waals surface area contributed by atoms with Crippen molar-refractivity contribution >= 4 is 58.1 Å². The molecule has 8 nitrogen and oxygen atoms in total. The lowest BCUT2D eigenvalue weighted by atomic mass is 10.2. The van der Waals surface area contributed by atoms with Gasteiger partial charge in [0.15, 0.2) is 4.32 Å². The number of carbonyl (C=O) groups is 1. The Kier molecular flexibility index (Phi) is 6.98. The van der Waals surface area contributed by atoms with Gasteiger partial charge in [-0.3, -0.25) is 10.2 Å². The Morgan fingerprint density at radius 2 is 1.84 bits per heavy atom. The molecule has 1 aromatic heterocycles. The van der Waals surface area contributed by atoms with Crippen molar-refractivity contribution in [3.63, 3.8) is 0 Å². The van der Waals surface area contributed by atoms with Gasteiger partial charge in [-0.25, -0.2) is 0 Å². The van der Waals surface area contributed by atoms with Crippen LogP contribution < -0.4 is 16.1 Å². The molecule has 1 amide bonds. The predicted molar refractivity (Wildman–Crippen MR) is 130 cm³/mol. The first-order chi connectivity index (χ1) is 15.1. The molecule has 0 unspecified atom stereocenters. The van der Waals surface area contributed by atoms with Crippen molar-refractivity contribution in [1.82, 2.24) is 20.0 Å². The highest BCUT2D eigenvalue weighted by atomic mass is 32.2. The molecule has 0 spiro atoms. The van der Waals surface area contributed by atoms with E-state index in [1.807, 2.05) is 36.4 Å². The van der Waals surface area contributed by atoms with Crippen LogP contribution >= 0.6 is 24.0 Å². The van der Waals surface area contributed by atoms with Gasteiger partial charge in [0.05, 0.1) is 4.91 Å². The normalized spacial score (nSPS) is 18.1. The number of benzene rings is 1. The molecule has 0 bridgehead atoms. The van der Waals surface area contributed by atoms with Gasteiger partial charge in [0.1, 0.15) is 0 Å². The number of rotatable bonds is 8. The number of thiocarbonyl (C=S) groups is 1. The van der Waals surface area contributed by atoms with Crippen LogP contribution in [0.15, 0.2) is 35.2 Å². The third kappa shape index (κ3) is 5.50. The molecule has 1 aliphatic heterocycles. The first-order valence-electron chi connectivity index (χ1n) is 10.5. The number of nitrogens with zero attached hydrogens (tertiary/aromatic N) is 4. The van der Waals surface area contributed by atoms with Crippen LogP contribution in [0.3, 0.4) is 0 Å². The summed E-state index contributed by atoms with van der Waals surface area (Å²) in [6.07, 6.45) is 7.39. The van der Waals surface area contributed by atoms with Crippen molar-refractivity contribution in [2.24, 2.45) is 0 Å². The van der Waals surface area contributed by atoms with E-state index in [2.05, 4.69) is 37.9 Å². The quantitative estimate of drug-likeness (QED) is 0.398. The molecular weight excluding hydrogens is 430 g/mol. The molecule has 2 fully saturated rings. The number of hydrogen-bond donors (Lipinski definition) is 3. The molecule has 0 radical (unpaired) electrons. The minimum Gasteiger partial charge on any atom is -0.354 e. The third-order valence-electron chi connectivity index (χ3n) is 4.96. The van der Waals surface area contributed by atoms with Gasteiger partial charge < -0.3 is 10.6 Å². The van der Waals surface area contributed by atoms with Crippen LogP contribution in [0, 0.1) is 0 Å². The fraction of sp³-hybridized carbons (Fsp3) is 0.381. The summed E-state index contributed by atoms with van der Waals surface area (Å²) in [7, 11) is 0. The predicted octanol–water partition coefficient (Wildman–Crippen LogP) is 4.28. The van der Waals surface area contributed by atoms with E-state index in [1.54, 1.807) is 0 Å². The van der Waals surface area contributed by atoms with Gasteiger partial charge in [0.2, 0.25) is 17.8 Å². The second kappa shape index (κ2) is 10.1. The number of hydrazine groups is 1. The van der Waals surface area contributed by atoms with E-state index in [0.29, 0.717) is 27.2 Å². The standard InChI is InChI=1S/C21H25N7OS2/c1-2-12-22-18-24-19(23-15-10-6-7-11-15)26-20(25-18)27-28-17(29)16(31-21(28)30)13-14-8-4-3-5-9-14/h3-5,8-9,13,15H,2,6-7,10-12H2,1H3,(H3,22,23,24,25,26,27)/b16-13-. The summed E-state index contributed by atoms with van der Waals surface area (Å²) >= 11 is 6.67. The van der Waals surface area contributed by atoms with E-state index in [1.165, 1.54) is 29.6 Å². The molecule has 3 N–H and O–H groups in total. The Morgan fingerprint density at radius 1 is 1.13 bits per heavy atom. The van der Waals surface area contributed by atoms with Gasteiger partial charge in [0.25, 0.3) is 5.91 Å². The maximum atomic E-state index is 12.9. The number of carbonyl (C=O) groups excluding carboxylic acids is 1. The van der Waals surface area contributed by atoms with Gasteiger partial charge >= 0.3 is 0 Å². The lowest BCUT2D eigenvalue weighted by Crippen LogP contribution is -2.35. The van der Waals surface area contributed by atoms with Crippen molar-refractivity contribution in [3.8, 4) is 0 Å². The number of hydrogen-bond acceptors (Lipinski definition) is 9. The Balaban J connectivity index is 1.53. The van der Waals surface area contributed by atoms with Crippen molar-refractivity contribution in [3.05, 3.63) is 40.8 Å². The molecule has 1 saturated carbocycles. The zero-order valence-electron chi connectivity index (χ0n) is 17.3. The Hall–Kier alpha value is -2.72. The SMILES string of the molecule is CCCNc1nc(NC2CCCC2)nc(NN2C(=O)/C(=C/c3ccccc3)SC2=S)n1. The van der Waals surface area contributed by atoms with Crippen LogP contribution in [0.2, 0.25) is 0 Å². The second-order valence-corrected chi connectivity index (χ2v) is 9.07. The molecule has 2 aromatic rings. The highest BCUT2D eigenvalue weighted by Crippen LogP contribution is 2.32. The van der Waals surface area contributed by atoms with E-state index in [9.17, 15) is 4.79 Å². The second-order valence-electron chi connectivity index (χ2n) is 7.40. The summed E-state index contributed by atoms with van der Waals surface area (Å²) in [5.74, 6) is 0.998. The lowest BCUT2D eigenvalue weighted by molar-refractivity contribution is -0.121. The third-order valence-corrected chi connectivity index (χ3v) is 6.26. The Labute approximate surface area is 191 Å². The fourth-order valence-electron chi connectivity index (χ4n) is 3.42. The molecule has 1 saturated heterocycles. The maximum Gasteiger partial charge on any atom is 0.285 e. The molecule has 0 atom stereocenters. The van der Waals surface area contributed by atoms with Gasteiger partial charge in [0, 0.05) is 12.6 Å². The van der Waals surface area contributed by atoms with Crippen molar-refractivity contribution in [1.29, 1.82) is 0 Å². The zero-order valence-corrected chi connectivity index (χ0v) is 18.9. The first-order valence-corrected chi connectivity index (χ1v) is 11.7. The summed E-state index contributed by atoms with van der Waals surface area (Å²) in [5, 5.41) is 7.90. The molecular formula is C21H25N7OS2. The van der Waals surface area contributed by atoms with Gasteiger partial charge in [-0.2, -0.15) is 20.0 Å². The van der Waals surface area contributed by atoms with Crippen LogP contribution in [0.25, 0.3) is 6.08 Å². The van der Waals surface area contributed by atoms with Crippen LogP contribution in [-0.4, -0.2) is 42.8 Å². The average Bonchev–Trinajstić information content (AvgIpc) is 3.37. The number of aromatic nitrogens is 3. The summed E-state index contributed by atoms with van der Waals surface area (Å²) in [6, 6.07) is 10.0. The van der Waals surface area contributed by atoms with Crippen molar-refractivity contribution in [2.45, 2.75) is 45.1 Å². The molecule has 1 aromatic carbocycles. The smallest absolute Gasteiger partial charge is 0.285 e. The number of thioether (sulfide) groups is 1. The maximum absolute atomic E-state index is 12.9. The molecule has 1 aliphatic carbocycles. The monoisotopic (exact) mass is 455 g/mol. The summed E-state index contributed by atoms with van der Waals surface area (Å²) in [5.41, 5.74) is 3.92. The zero-order chi connectivity index (χ0) is 21.6. The molecule has 162 valence electrons. The van der Waals surface area contributed by atoms with Gasteiger partial charge in [-0.15, -0.1) is 0 Å².